The van der Waals surface area contributed by atoms with Crippen molar-refractivity contribution in [3.05, 3.63) is 88.8 Å². The predicted molar refractivity (Wildman–Crippen MR) is 139 cm³/mol. The average molecular weight is 483 g/mol. The Kier molecular flexibility index (Phi) is 8.25. The van der Waals surface area contributed by atoms with Crippen LogP contribution >= 0.6 is 0 Å². The fraction of sp³-hybridized carbons (Fsp3) is 0.259. The number of aliphatic hydroxyl groups is 1. The lowest BCUT2D eigenvalue weighted by Gasteiger charge is -2.14. The zero-order valence-electron chi connectivity index (χ0n) is 21.4. The lowest BCUT2D eigenvalue weighted by molar-refractivity contribution is 0.198. The molecule has 0 bridgehead atoms. The lowest BCUT2D eigenvalue weighted by atomic mass is 10.1. The minimum atomic E-state index is -0.734. The molecule has 4 aromatic rings. The van der Waals surface area contributed by atoms with E-state index in [4.69, 9.17) is 10.2 Å². The predicted octanol–water partition coefficient (Wildman–Crippen LogP) is 4.58. The van der Waals surface area contributed by atoms with Crippen LogP contribution in [-0.4, -0.2) is 39.8 Å². The first kappa shape index (κ1) is 26.2. The molecule has 4 heterocycles. The van der Waals surface area contributed by atoms with Crippen LogP contribution in [0.25, 0.3) is 23.2 Å². The number of hydrogen-bond acceptors (Lipinski definition) is 7. The molecular weight excluding hydrogens is 452 g/mol. The summed E-state index contributed by atoms with van der Waals surface area (Å²) in [5, 5.41) is 35.7. The SMILES string of the molecule is C=C(C)/C=C\c1c(-c2ccc(C(C)O)c(-n3nc(C#N)cc3C)n2)cnn1C.Cc1ccc(C)nn1. The Morgan fingerprint density at radius 1 is 1.14 bits per heavy atom. The molecule has 9 nitrogen and oxygen atoms in total. The van der Waals surface area contributed by atoms with E-state index in [1.807, 2.05) is 77.2 Å². The van der Waals surface area contributed by atoms with Gasteiger partial charge in [0, 0.05) is 23.9 Å². The number of rotatable bonds is 5. The van der Waals surface area contributed by atoms with Crippen LogP contribution in [0.1, 0.15) is 54.0 Å². The second-order valence-corrected chi connectivity index (χ2v) is 8.54. The Labute approximate surface area is 211 Å². The molecule has 1 unspecified atom stereocenters. The zero-order valence-corrected chi connectivity index (χ0v) is 21.4. The van der Waals surface area contributed by atoms with Crippen molar-refractivity contribution in [1.29, 1.82) is 5.26 Å². The number of nitriles is 1. The van der Waals surface area contributed by atoms with Crippen molar-refractivity contribution in [2.24, 2.45) is 7.05 Å². The third kappa shape index (κ3) is 6.17. The highest BCUT2D eigenvalue weighted by Crippen LogP contribution is 2.28. The summed E-state index contributed by atoms with van der Waals surface area (Å²) in [5.74, 6) is 0.491. The molecule has 0 fully saturated rings. The number of pyridine rings is 1. The Bertz CT molecular complexity index is 1410. The maximum absolute atomic E-state index is 10.2. The Morgan fingerprint density at radius 3 is 2.33 bits per heavy atom. The fourth-order valence-electron chi connectivity index (χ4n) is 3.38. The molecule has 0 aromatic carbocycles. The summed E-state index contributed by atoms with van der Waals surface area (Å²) in [6.07, 6.45) is 4.88. The molecule has 1 N–H and O–H groups in total. The van der Waals surface area contributed by atoms with Crippen LogP contribution in [0.15, 0.2) is 54.8 Å². The average Bonchev–Trinajstić information content (AvgIpc) is 3.41. The largest absolute Gasteiger partial charge is 0.389 e. The van der Waals surface area contributed by atoms with Gasteiger partial charge in [0.1, 0.15) is 6.07 Å². The Morgan fingerprint density at radius 2 is 1.81 bits per heavy atom. The summed E-state index contributed by atoms with van der Waals surface area (Å²) in [4.78, 5) is 4.77. The second kappa shape index (κ2) is 11.3. The molecule has 1 atom stereocenters. The number of aryl methyl sites for hydroxylation is 4. The van der Waals surface area contributed by atoms with Crippen LogP contribution in [0.2, 0.25) is 0 Å². The quantitative estimate of drug-likeness (QED) is 0.413. The van der Waals surface area contributed by atoms with Gasteiger partial charge in [-0.2, -0.15) is 25.7 Å². The van der Waals surface area contributed by atoms with Crippen molar-refractivity contribution < 1.29 is 5.11 Å². The van der Waals surface area contributed by atoms with Crippen LogP contribution in [0.4, 0.5) is 0 Å². The maximum atomic E-state index is 10.2. The topological polar surface area (TPSA) is 118 Å². The van der Waals surface area contributed by atoms with Crippen LogP contribution in [0.3, 0.4) is 0 Å². The Balaban J connectivity index is 0.000000383. The van der Waals surface area contributed by atoms with Gasteiger partial charge in [-0.3, -0.25) is 4.68 Å². The van der Waals surface area contributed by atoms with Gasteiger partial charge in [-0.05, 0) is 65.0 Å². The molecule has 4 rings (SSSR count). The minimum Gasteiger partial charge on any atom is -0.389 e. The van der Waals surface area contributed by atoms with E-state index in [1.165, 1.54) is 0 Å². The van der Waals surface area contributed by atoms with Crippen LogP contribution < -0.4 is 0 Å². The molecule has 0 aliphatic carbocycles. The van der Waals surface area contributed by atoms with Crippen molar-refractivity contribution >= 4 is 6.08 Å². The van der Waals surface area contributed by atoms with Gasteiger partial charge >= 0.3 is 0 Å². The van der Waals surface area contributed by atoms with Crippen LogP contribution in [0, 0.1) is 32.1 Å². The number of allylic oxidation sites excluding steroid dienone is 2. The number of nitrogens with zero attached hydrogens (tertiary/aromatic N) is 8. The summed E-state index contributed by atoms with van der Waals surface area (Å²) < 4.78 is 3.36. The van der Waals surface area contributed by atoms with E-state index in [0.717, 1.165) is 33.9 Å². The molecule has 36 heavy (non-hydrogen) atoms. The molecule has 0 aliphatic rings. The van der Waals surface area contributed by atoms with Gasteiger partial charge in [0.15, 0.2) is 11.5 Å². The van der Waals surface area contributed by atoms with E-state index < -0.39 is 6.10 Å². The third-order valence-electron chi connectivity index (χ3n) is 5.28. The molecule has 0 saturated carbocycles. The van der Waals surface area contributed by atoms with Crippen LogP contribution in [-0.2, 0) is 7.05 Å². The highest BCUT2D eigenvalue weighted by atomic mass is 16.3. The van der Waals surface area contributed by atoms with Crippen molar-refractivity contribution in [1.82, 2.24) is 34.7 Å². The first-order chi connectivity index (χ1) is 17.1. The van der Waals surface area contributed by atoms with Crippen molar-refractivity contribution in [3.8, 4) is 23.1 Å². The van der Waals surface area contributed by atoms with Gasteiger partial charge in [0.05, 0.1) is 35.1 Å². The van der Waals surface area contributed by atoms with Gasteiger partial charge < -0.3 is 5.11 Å². The van der Waals surface area contributed by atoms with E-state index >= 15 is 0 Å². The highest BCUT2D eigenvalue weighted by Gasteiger charge is 2.18. The van der Waals surface area contributed by atoms with Gasteiger partial charge in [0.25, 0.3) is 0 Å². The summed E-state index contributed by atoms with van der Waals surface area (Å²) in [5.41, 5.74) is 6.99. The smallest absolute Gasteiger partial charge is 0.163 e. The third-order valence-corrected chi connectivity index (χ3v) is 5.28. The zero-order chi connectivity index (χ0) is 26.4. The minimum absolute atomic E-state index is 0.299. The van der Waals surface area contributed by atoms with E-state index in [-0.39, 0.29) is 0 Å². The molecule has 0 amide bonds. The van der Waals surface area contributed by atoms with Crippen LogP contribution in [0.5, 0.6) is 0 Å². The second-order valence-electron chi connectivity index (χ2n) is 8.54. The molecule has 9 heteroatoms. The summed E-state index contributed by atoms with van der Waals surface area (Å²) >= 11 is 0. The highest BCUT2D eigenvalue weighted by molar-refractivity contribution is 5.72. The van der Waals surface area contributed by atoms with Gasteiger partial charge in [-0.1, -0.05) is 24.3 Å². The van der Waals surface area contributed by atoms with Crippen molar-refractivity contribution in [2.45, 2.75) is 40.7 Å². The Hall–Kier alpha value is -4.42. The molecule has 0 aliphatic heterocycles. The van der Waals surface area contributed by atoms with Gasteiger partial charge in [0.2, 0.25) is 0 Å². The summed E-state index contributed by atoms with van der Waals surface area (Å²) in [6, 6.07) is 11.3. The van der Waals surface area contributed by atoms with Gasteiger partial charge in [-0.15, -0.1) is 0 Å². The normalized spacial score (nSPS) is 11.6. The lowest BCUT2D eigenvalue weighted by Crippen LogP contribution is -2.09. The van der Waals surface area contributed by atoms with Gasteiger partial charge in [-0.25, -0.2) is 9.67 Å². The number of aromatic nitrogens is 7. The molecule has 0 saturated heterocycles. The first-order valence-corrected chi connectivity index (χ1v) is 11.4. The van der Waals surface area contributed by atoms with E-state index in [0.29, 0.717) is 22.8 Å². The monoisotopic (exact) mass is 482 g/mol. The first-order valence-electron chi connectivity index (χ1n) is 11.4. The molecule has 0 radical (unpaired) electrons. The molecule has 184 valence electrons. The molecule has 4 aromatic heterocycles. The van der Waals surface area contributed by atoms with E-state index in [9.17, 15) is 5.11 Å². The fourth-order valence-corrected chi connectivity index (χ4v) is 3.38. The summed E-state index contributed by atoms with van der Waals surface area (Å²) in [7, 11) is 1.86. The molecular formula is C27H30N8O. The standard InChI is InChI=1S/C21H22N6O.C6H8N2/c1-13(2)6-9-20-18(12-23-26(20)5)19-8-7-17(15(4)28)21(24-19)27-14(3)10-16(11-22)25-27;1-5-3-4-6(2)8-7-5/h6-10,12,15,28H,1H2,2-5H3;3-4H,1-2H3/b9-6-;. The summed E-state index contributed by atoms with van der Waals surface area (Å²) in [6.45, 7) is 13.2. The van der Waals surface area contributed by atoms with Crippen molar-refractivity contribution in [2.75, 3.05) is 0 Å². The van der Waals surface area contributed by atoms with E-state index in [2.05, 4.69) is 27.0 Å². The van der Waals surface area contributed by atoms with Crippen molar-refractivity contribution in [3.63, 3.8) is 0 Å². The number of hydrogen-bond donors (Lipinski definition) is 1. The number of aliphatic hydroxyl groups excluding tert-OH is 1. The van der Waals surface area contributed by atoms with E-state index in [1.54, 1.807) is 28.6 Å². The maximum Gasteiger partial charge on any atom is 0.163 e. The molecule has 0 spiro atoms.